The zero-order valence-corrected chi connectivity index (χ0v) is 17.4. The van der Waals surface area contributed by atoms with Gasteiger partial charge in [0.25, 0.3) is 0 Å². The molecule has 2 N–H and O–H groups in total. The first-order valence-electron chi connectivity index (χ1n) is 10.1. The molecule has 2 aromatic rings. The van der Waals surface area contributed by atoms with Crippen LogP contribution >= 0.6 is 0 Å². The van der Waals surface area contributed by atoms with E-state index in [9.17, 15) is 4.79 Å². The van der Waals surface area contributed by atoms with Gasteiger partial charge in [0.05, 0.1) is 26.9 Å². The molecule has 0 saturated carbocycles. The maximum Gasteiger partial charge on any atom is 0.407 e. The third-order valence-corrected chi connectivity index (χ3v) is 5.28. The zero-order chi connectivity index (χ0) is 20.6. The topological polar surface area (TPSA) is 68.8 Å². The predicted molar refractivity (Wildman–Crippen MR) is 114 cm³/mol. The Balaban J connectivity index is 1.61. The lowest BCUT2D eigenvalue weighted by molar-refractivity contribution is 0.139. The van der Waals surface area contributed by atoms with E-state index in [0.29, 0.717) is 18.1 Å². The van der Waals surface area contributed by atoms with Crippen molar-refractivity contribution in [2.75, 3.05) is 26.1 Å². The van der Waals surface area contributed by atoms with Gasteiger partial charge in [0.2, 0.25) is 0 Å². The van der Waals surface area contributed by atoms with Crippen molar-refractivity contribution in [2.45, 2.75) is 44.7 Å². The molecule has 3 rings (SSSR count). The summed E-state index contributed by atoms with van der Waals surface area (Å²) in [6.07, 6.45) is 3.04. The summed E-state index contributed by atoms with van der Waals surface area (Å²) in [5.74, 6) is 1.31. The fourth-order valence-corrected chi connectivity index (χ4v) is 3.67. The van der Waals surface area contributed by atoms with Crippen molar-refractivity contribution in [3.63, 3.8) is 0 Å². The summed E-state index contributed by atoms with van der Waals surface area (Å²) >= 11 is 0. The van der Waals surface area contributed by atoms with Crippen LogP contribution in [0.15, 0.2) is 42.5 Å². The molecule has 1 heterocycles. The minimum Gasteiger partial charge on any atom is -0.493 e. The summed E-state index contributed by atoms with van der Waals surface area (Å²) in [6, 6.07) is 14.2. The molecule has 2 aromatic carbocycles. The Morgan fingerprint density at radius 1 is 1.14 bits per heavy atom. The number of alkyl carbamates (subject to hydrolysis) is 1. The van der Waals surface area contributed by atoms with Crippen LogP contribution in [0.2, 0.25) is 0 Å². The number of aryl methyl sites for hydroxylation is 1. The Bertz CT molecular complexity index is 810. The second-order valence-corrected chi connectivity index (χ2v) is 7.20. The SMILES string of the molecule is CC[C@H]1C[C@H](NC(=O)OCCCc2ccccc2)c2cc(OC)c(OC)cc2N1. The van der Waals surface area contributed by atoms with Crippen LogP contribution in [0, 0.1) is 0 Å². The first-order valence-corrected chi connectivity index (χ1v) is 10.1. The predicted octanol–water partition coefficient (Wildman–Crippen LogP) is 4.70. The smallest absolute Gasteiger partial charge is 0.407 e. The standard InChI is InChI=1S/C23H30N2O4/c1-4-17-13-19(18-14-21(27-2)22(28-3)15-20(18)24-17)25-23(26)29-12-8-11-16-9-6-5-7-10-16/h5-7,9-10,14-15,17,19,24H,4,8,11-13H2,1-3H3,(H,25,26)/t17-,19-/m0/s1. The Hall–Kier alpha value is -2.89. The van der Waals surface area contributed by atoms with Gasteiger partial charge in [-0.05, 0) is 37.3 Å². The molecular formula is C23H30N2O4. The lowest BCUT2D eigenvalue weighted by Gasteiger charge is -2.33. The van der Waals surface area contributed by atoms with Gasteiger partial charge in [-0.2, -0.15) is 0 Å². The molecule has 6 heteroatoms. The van der Waals surface area contributed by atoms with Crippen LogP contribution in [0.4, 0.5) is 10.5 Å². The number of ether oxygens (including phenoxy) is 3. The van der Waals surface area contributed by atoms with Crippen LogP contribution in [0.3, 0.4) is 0 Å². The van der Waals surface area contributed by atoms with Crippen molar-refractivity contribution in [2.24, 2.45) is 0 Å². The number of carbonyl (C=O) groups is 1. The molecule has 29 heavy (non-hydrogen) atoms. The van der Waals surface area contributed by atoms with Gasteiger partial charge in [0.1, 0.15) is 0 Å². The van der Waals surface area contributed by atoms with Gasteiger partial charge < -0.3 is 24.8 Å². The number of benzene rings is 2. The quantitative estimate of drug-likeness (QED) is 0.631. The number of anilines is 1. The van der Waals surface area contributed by atoms with Gasteiger partial charge in [0.15, 0.2) is 11.5 Å². The van der Waals surface area contributed by atoms with Crippen molar-refractivity contribution in [1.82, 2.24) is 5.32 Å². The third kappa shape index (κ3) is 5.34. The van der Waals surface area contributed by atoms with E-state index in [2.05, 4.69) is 29.7 Å². The number of hydrogen-bond donors (Lipinski definition) is 2. The van der Waals surface area contributed by atoms with E-state index in [1.807, 2.05) is 30.3 Å². The lowest BCUT2D eigenvalue weighted by atomic mass is 9.91. The number of amides is 1. The van der Waals surface area contributed by atoms with Crippen molar-refractivity contribution in [3.8, 4) is 11.5 Å². The summed E-state index contributed by atoms with van der Waals surface area (Å²) in [5, 5.41) is 6.55. The Labute approximate surface area is 172 Å². The second kappa shape index (κ2) is 10.0. The van der Waals surface area contributed by atoms with Crippen LogP contribution < -0.4 is 20.1 Å². The number of hydrogen-bond acceptors (Lipinski definition) is 5. The lowest BCUT2D eigenvalue weighted by Crippen LogP contribution is -2.37. The molecule has 0 saturated heterocycles. The van der Waals surface area contributed by atoms with Gasteiger partial charge in [-0.15, -0.1) is 0 Å². The molecule has 1 aliphatic heterocycles. The van der Waals surface area contributed by atoms with Gasteiger partial charge in [-0.1, -0.05) is 37.3 Å². The molecular weight excluding hydrogens is 368 g/mol. The highest BCUT2D eigenvalue weighted by Gasteiger charge is 2.29. The van der Waals surface area contributed by atoms with Gasteiger partial charge in [-0.25, -0.2) is 4.79 Å². The average Bonchev–Trinajstić information content (AvgIpc) is 2.76. The maximum atomic E-state index is 12.4. The van der Waals surface area contributed by atoms with Gasteiger partial charge in [0, 0.05) is 23.4 Å². The van der Waals surface area contributed by atoms with E-state index in [1.165, 1.54) is 5.56 Å². The molecule has 0 unspecified atom stereocenters. The zero-order valence-electron chi connectivity index (χ0n) is 17.4. The summed E-state index contributed by atoms with van der Waals surface area (Å²) in [6.45, 7) is 2.52. The molecule has 1 aliphatic rings. The normalized spacial score (nSPS) is 17.6. The average molecular weight is 399 g/mol. The molecule has 0 aliphatic carbocycles. The molecule has 0 fully saturated rings. The molecule has 156 valence electrons. The molecule has 2 atom stereocenters. The first-order chi connectivity index (χ1) is 14.1. The highest BCUT2D eigenvalue weighted by Crippen LogP contribution is 2.41. The van der Waals surface area contributed by atoms with E-state index >= 15 is 0 Å². The Morgan fingerprint density at radius 3 is 2.55 bits per heavy atom. The Kier molecular flexibility index (Phi) is 7.22. The molecule has 6 nitrogen and oxygen atoms in total. The molecule has 0 spiro atoms. The number of carbonyl (C=O) groups excluding carboxylic acids is 1. The maximum absolute atomic E-state index is 12.4. The fourth-order valence-electron chi connectivity index (χ4n) is 3.67. The van der Waals surface area contributed by atoms with Gasteiger partial charge in [-0.3, -0.25) is 0 Å². The Morgan fingerprint density at radius 2 is 1.86 bits per heavy atom. The number of rotatable bonds is 8. The van der Waals surface area contributed by atoms with E-state index in [1.54, 1.807) is 14.2 Å². The summed E-state index contributed by atoms with van der Waals surface area (Å²) in [4.78, 5) is 12.4. The van der Waals surface area contributed by atoms with Crippen LogP contribution in [0.25, 0.3) is 0 Å². The number of nitrogens with one attached hydrogen (secondary N) is 2. The van der Waals surface area contributed by atoms with Crippen molar-refractivity contribution in [1.29, 1.82) is 0 Å². The summed E-state index contributed by atoms with van der Waals surface area (Å²) in [7, 11) is 3.23. The van der Waals surface area contributed by atoms with Gasteiger partial charge >= 0.3 is 6.09 Å². The van der Waals surface area contributed by atoms with Crippen molar-refractivity contribution >= 4 is 11.8 Å². The highest BCUT2D eigenvalue weighted by molar-refractivity contribution is 5.70. The molecule has 0 aromatic heterocycles. The molecule has 0 radical (unpaired) electrons. The van der Waals surface area contributed by atoms with Crippen LogP contribution in [-0.4, -0.2) is 33.0 Å². The fraction of sp³-hybridized carbons (Fsp3) is 0.435. The monoisotopic (exact) mass is 398 g/mol. The minimum atomic E-state index is -0.388. The van der Waals surface area contributed by atoms with Crippen LogP contribution in [0.1, 0.15) is 43.4 Å². The first kappa shape index (κ1) is 20.8. The molecule has 1 amide bonds. The summed E-state index contributed by atoms with van der Waals surface area (Å²) in [5.41, 5.74) is 3.18. The van der Waals surface area contributed by atoms with E-state index in [-0.39, 0.29) is 18.2 Å². The van der Waals surface area contributed by atoms with E-state index < -0.39 is 0 Å². The third-order valence-electron chi connectivity index (χ3n) is 5.28. The molecule has 0 bridgehead atoms. The van der Waals surface area contributed by atoms with Crippen molar-refractivity contribution in [3.05, 3.63) is 53.6 Å². The van der Waals surface area contributed by atoms with Crippen LogP contribution in [0.5, 0.6) is 11.5 Å². The largest absolute Gasteiger partial charge is 0.493 e. The van der Waals surface area contributed by atoms with E-state index in [0.717, 1.165) is 36.9 Å². The minimum absolute atomic E-state index is 0.141. The highest BCUT2D eigenvalue weighted by atomic mass is 16.5. The second-order valence-electron chi connectivity index (χ2n) is 7.20. The van der Waals surface area contributed by atoms with E-state index in [4.69, 9.17) is 14.2 Å². The van der Waals surface area contributed by atoms with Crippen LogP contribution in [-0.2, 0) is 11.2 Å². The number of fused-ring (bicyclic) bond motifs is 1. The summed E-state index contributed by atoms with van der Waals surface area (Å²) < 4.78 is 16.3. The number of methoxy groups -OCH3 is 2. The van der Waals surface area contributed by atoms with Crippen molar-refractivity contribution < 1.29 is 19.0 Å².